The van der Waals surface area contributed by atoms with Gasteiger partial charge in [0.2, 0.25) is 5.91 Å². The van der Waals surface area contributed by atoms with Gasteiger partial charge in [0.05, 0.1) is 23.0 Å². The van der Waals surface area contributed by atoms with Crippen molar-refractivity contribution in [2.45, 2.75) is 24.3 Å². The summed E-state index contributed by atoms with van der Waals surface area (Å²) in [6.07, 6.45) is 0.186. The topological polar surface area (TPSA) is 66.5 Å². The minimum atomic E-state index is -3.71. The molecule has 1 amide bonds. The number of hydrogen-bond donors (Lipinski definition) is 1. The third-order valence-corrected chi connectivity index (χ3v) is 7.19. The van der Waals surface area contributed by atoms with Crippen LogP contribution in [0.25, 0.3) is 0 Å². The monoisotopic (exact) mass is 476 g/mol. The van der Waals surface area contributed by atoms with Gasteiger partial charge >= 0.3 is 0 Å². The van der Waals surface area contributed by atoms with Gasteiger partial charge in [-0.3, -0.25) is 9.10 Å². The Morgan fingerprint density at radius 3 is 1.97 bits per heavy atom. The maximum absolute atomic E-state index is 12.8. The maximum atomic E-state index is 12.8. The molecular weight excluding hydrogens is 455 g/mol. The highest BCUT2D eigenvalue weighted by Crippen LogP contribution is 2.24. The van der Waals surface area contributed by atoms with Crippen molar-refractivity contribution in [3.05, 3.63) is 94.0 Å². The number of halogens is 2. The second kappa shape index (κ2) is 9.73. The number of carbonyl (C=O) groups is 1. The highest BCUT2D eigenvalue weighted by molar-refractivity contribution is 7.92. The molecule has 0 aromatic heterocycles. The molecule has 3 aromatic rings. The van der Waals surface area contributed by atoms with Crippen molar-refractivity contribution in [2.75, 3.05) is 11.4 Å². The van der Waals surface area contributed by atoms with E-state index < -0.39 is 10.0 Å². The zero-order valence-electron chi connectivity index (χ0n) is 17.0. The van der Waals surface area contributed by atoms with Crippen molar-refractivity contribution < 1.29 is 13.2 Å². The Balaban J connectivity index is 1.64. The molecule has 0 aliphatic carbocycles. The van der Waals surface area contributed by atoms with E-state index in [1.807, 2.05) is 19.1 Å². The van der Waals surface area contributed by atoms with Crippen molar-refractivity contribution in [1.29, 1.82) is 0 Å². The molecule has 0 radical (unpaired) electrons. The van der Waals surface area contributed by atoms with Crippen LogP contribution < -0.4 is 9.62 Å². The number of anilines is 1. The van der Waals surface area contributed by atoms with Gasteiger partial charge in [-0.2, -0.15) is 0 Å². The van der Waals surface area contributed by atoms with Gasteiger partial charge in [0.15, 0.2) is 0 Å². The zero-order valence-corrected chi connectivity index (χ0v) is 19.4. The Bertz CT molecular complexity index is 1150. The first-order chi connectivity index (χ1) is 14.7. The molecule has 162 valence electrons. The Hall–Kier alpha value is -2.54. The maximum Gasteiger partial charge on any atom is 0.264 e. The molecule has 0 aliphatic heterocycles. The molecular formula is C23H22Cl2N2O3S. The molecule has 3 rings (SSSR count). The fourth-order valence-electron chi connectivity index (χ4n) is 3.04. The molecule has 0 unspecified atom stereocenters. The van der Waals surface area contributed by atoms with Gasteiger partial charge in [0.1, 0.15) is 0 Å². The molecule has 5 nitrogen and oxygen atoms in total. The molecule has 0 saturated heterocycles. The largest absolute Gasteiger partial charge is 0.349 e. The van der Waals surface area contributed by atoms with Gasteiger partial charge < -0.3 is 5.32 Å². The summed E-state index contributed by atoms with van der Waals surface area (Å²) in [5.74, 6) is -0.127. The lowest BCUT2D eigenvalue weighted by Gasteiger charge is -2.20. The average Bonchev–Trinajstić information content (AvgIpc) is 2.74. The standard InChI is InChI=1S/C23H22Cl2N2O3S/c1-16(18-5-7-19(24)8-6-18)26-23(28)15-17-3-11-21(12-4-17)27(2)31(29,30)22-13-9-20(25)10-14-22/h3-14,16H,15H2,1-2H3,(H,26,28)/t16-/m0/s1. The van der Waals surface area contributed by atoms with Crippen LogP contribution in [0.4, 0.5) is 5.69 Å². The fraction of sp³-hybridized carbons (Fsp3) is 0.174. The summed E-state index contributed by atoms with van der Waals surface area (Å²) >= 11 is 11.7. The second-order valence-electron chi connectivity index (χ2n) is 7.11. The van der Waals surface area contributed by atoms with Crippen molar-refractivity contribution >= 4 is 44.8 Å². The minimum Gasteiger partial charge on any atom is -0.349 e. The molecule has 8 heteroatoms. The first-order valence-corrected chi connectivity index (χ1v) is 11.7. The lowest BCUT2D eigenvalue weighted by atomic mass is 10.1. The highest BCUT2D eigenvalue weighted by Gasteiger charge is 2.21. The molecule has 31 heavy (non-hydrogen) atoms. The summed E-state index contributed by atoms with van der Waals surface area (Å²) in [7, 11) is -2.22. The van der Waals surface area contributed by atoms with Gasteiger partial charge in [-0.25, -0.2) is 8.42 Å². The number of carbonyl (C=O) groups excluding carboxylic acids is 1. The summed E-state index contributed by atoms with van der Waals surface area (Å²) < 4.78 is 26.8. The van der Waals surface area contributed by atoms with Gasteiger partial charge in [0.25, 0.3) is 10.0 Å². The molecule has 0 saturated carbocycles. The van der Waals surface area contributed by atoms with Crippen molar-refractivity contribution in [2.24, 2.45) is 0 Å². The first-order valence-electron chi connectivity index (χ1n) is 9.55. The van der Waals surface area contributed by atoms with Crippen LogP contribution in [0.1, 0.15) is 24.1 Å². The number of amides is 1. The van der Waals surface area contributed by atoms with Crippen LogP contribution in [0.5, 0.6) is 0 Å². The van der Waals surface area contributed by atoms with E-state index in [2.05, 4.69) is 5.32 Å². The fourth-order valence-corrected chi connectivity index (χ4v) is 4.49. The van der Waals surface area contributed by atoms with Crippen LogP contribution in [0, 0.1) is 0 Å². The molecule has 0 bridgehead atoms. The number of hydrogen-bond acceptors (Lipinski definition) is 3. The summed E-state index contributed by atoms with van der Waals surface area (Å²) in [4.78, 5) is 12.6. The lowest BCUT2D eigenvalue weighted by molar-refractivity contribution is -0.121. The number of nitrogens with zero attached hydrogens (tertiary/aromatic N) is 1. The predicted octanol–water partition coefficient (Wildman–Crippen LogP) is 5.24. The smallest absolute Gasteiger partial charge is 0.264 e. The van der Waals surface area contributed by atoms with Gasteiger partial charge in [-0.05, 0) is 66.6 Å². The Kier molecular flexibility index (Phi) is 7.26. The third kappa shape index (κ3) is 5.79. The van der Waals surface area contributed by atoms with Gasteiger partial charge in [-0.15, -0.1) is 0 Å². The summed E-state index contributed by atoms with van der Waals surface area (Å²) in [5.41, 5.74) is 2.23. The van der Waals surface area contributed by atoms with Crippen LogP contribution in [0.15, 0.2) is 77.7 Å². The van der Waals surface area contributed by atoms with E-state index in [0.29, 0.717) is 15.7 Å². The third-order valence-electron chi connectivity index (χ3n) is 4.88. The summed E-state index contributed by atoms with van der Waals surface area (Å²) in [5, 5.41) is 4.06. The summed E-state index contributed by atoms with van der Waals surface area (Å²) in [6.45, 7) is 1.90. The highest BCUT2D eigenvalue weighted by atomic mass is 35.5. The Morgan fingerprint density at radius 2 is 1.42 bits per heavy atom. The molecule has 0 aliphatic rings. The van der Waals surface area contributed by atoms with E-state index in [1.165, 1.54) is 35.6 Å². The van der Waals surface area contributed by atoms with Gasteiger partial charge in [-0.1, -0.05) is 47.5 Å². The van der Waals surface area contributed by atoms with Crippen molar-refractivity contribution in [3.8, 4) is 0 Å². The average molecular weight is 477 g/mol. The number of sulfonamides is 1. The van der Waals surface area contributed by atoms with Crippen LogP contribution in [-0.2, 0) is 21.2 Å². The SMILES string of the molecule is C[C@H](NC(=O)Cc1ccc(N(C)S(=O)(=O)c2ccc(Cl)cc2)cc1)c1ccc(Cl)cc1. The number of benzene rings is 3. The summed E-state index contributed by atoms with van der Waals surface area (Å²) in [6, 6.07) is 20.0. The molecule has 0 fully saturated rings. The zero-order chi connectivity index (χ0) is 22.6. The molecule has 1 atom stereocenters. The van der Waals surface area contributed by atoms with Crippen LogP contribution in [-0.4, -0.2) is 21.4 Å². The van der Waals surface area contributed by atoms with E-state index in [-0.39, 0.29) is 23.3 Å². The Morgan fingerprint density at radius 1 is 0.903 bits per heavy atom. The van der Waals surface area contributed by atoms with E-state index in [1.54, 1.807) is 36.4 Å². The van der Waals surface area contributed by atoms with E-state index in [4.69, 9.17) is 23.2 Å². The number of rotatable bonds is 7. The van der Waals surface area contributed by atoms with E-state index >= 15 is 0 Å². The van der Waals surface area contributed by atoms with Crippen LogP contribution in [0.3, 0.4) is 0 Å². The molecule has 1 N–H and O–H groups in total. The quantitative estimate of drug-likeness (QED) is 0.506. The molecule has 0 heterocycles. The molecule has 0 spiro atoms. The van der Waals surface area contributed by atoms with Crippen molar-refractivity contribution in [3.63, 3.8) is 0 Å². The van der Waals surface area contributed by atoms with Crippen molar-refractivity contribution in [1.82, 2.24) is 5.32 Å². The molecule has 3 aromatic carbocycles. The lowest BCUT2D eigenvalue weighted by Crippen LogP contribution is -2.28. The van der Waals surface area contributed by atoms with E-state index in [0.717, 1.165) is 11.1 Å². The minimum absolute atomic E-state index is 0.127. The number of nitrogens with one attached hydrogen (secondary N) is 1. The predicted molar refractivity (Wildman–Crippen MR) is 125 cm³/mol. The van der Waals surface area contributed by atoms with Crippen LogP contribution in [0.2, 0.25) is 10.0 Å². The van der Waals surface area contributed by atoms with E-state index in [9.17, 15) is 13.2 Å². The van der Waals surface area contributed by atoms with Crippen LogP contribution >= 0.6 is 23.2 Å². The normalized spacial score (nSPS) is 12.3. The Labute approximate surface area is 192 Å². The van der Waals surface area contributed by atoms with Gasteiger partial charge in [0, 0.05) is 17.1 Å². The second-order valence-corrected chi connectivity index (χ2v) is 9.95. The first kappa shape index (κ1) is 23.1.